The van der Waals surface area contributed by atoms with Crippen molar-refractivity contribution in [2.24, 2.45) is 0 Å². The standard InChI is InChI=1S/C20H17ClN2O4/c1-12-17(9-13-8-14(21)6-7-18(13)22-12)20(25)27-11-19(24)23-15-4-3-5-16(10-15)26-2/h3-10H,11H2,1-2H3,(H,23,24). The van der Waals surface area contributed by atoms with Crippen molar-refractivity contribution in [3.05, 3.63) is 64.8 Å². The number of ether oxygens (including phenoxy) is 2. The zero-order valence-corrected chi connectivity index (χ0v) is 15.5. The van der Waals surface area contributed by atoms with Gasteiger partial charge in [-0.2, -0.15) is 0 Å². The summed E-state index contributed by atoms with van der Waals surface area (Å²) in [5.41, 5.74) is 2.08. The molecule has 0 aliphatic carbocycles. The summed E-state index contributed by atoms with van der Waals surface area (Å²) in [5, 5.41) is 3.92. The monoisotopic (exact) mass is 384 g/mol. The van der Waals surface area contributed by atoms with E-state index in [9.17, 15) is 9.59 Å². The molecule has 0 spiro atoms. The highest BCUT2D eigenvalue weighted by molar-refractivity contribution is 6.31. The normalized spacial score (nSPS) is 10.5. The van der Waals surface area contributed by atoms with Crippen LogP contribution in [0.4, 0.5) is 5.69 Å². The first-order valence-corrected chi connectivity index (χ1v) is 8.52. The number of nitrogens with zero attached hydrogens (tertiary/aromatic N) is 1. The number of pyridine rings is 1. The highest BCUT2D eigenvalue weighted by atomic mass is 35.5. The lowest BCUT2D eigenvalue weighted by Crippen LogP contribution is -2.21. The van der Waals surface area contributed by atoms with Crippen molar-refractivity contribution in [1.82, 2.24) is 4.98 Å². The molecule has 1 heterocycles. The maximum atomic E-state index is 12.4. The third kappa shape index (κ3) is 4.54. The molecular weight excluding hydrogens is 368 g/mol. The zero-order valence-electron chi connectivity index (χ0n) is 14.8. The van der Waals surface area contributed by atoms with Crippen LogP contribution in [0.25, 0.3) is 10.9 Å². The highest BCUT2D eigenvalue weighted by Gasteiger charge is 2.15. The van der Waals surface area contributed by atoms with E-state index in [0.717, 1.165) is 10.9 Å². The van der Waals surface area contributed by atoms with E-state index in [-0.39, 0.29) is 0 Å². The van der Waals surface area contributed by atoms with Gasteiger partial charge in [-0.05, 0) is 43.3 Å². The molecular formula is C20H17ClN2O4. The van der Waals surface area contributed by atoms with Gasteiger partial charge in [0.2, 0.25) is 0 Å². The molecule has 0 saturated heterocycles. The van der Waals surface area contributed by atoms with Gasteiger partial charge in [0.25, 0.3) is 5.91 Å². The number of carbonyl (C=O) groups is 2. The molecule has 6 nitrogen and oxygen atoms in total. The van der Waals surface area contributed by atoms with Gasteiger partial charge in [0.1, 0.15) is 5.75 Å². The van der Waals surface area contributed by atoms with Crippen LogP contribution in [0.15, 0.2) is 48.5 Å². The summed E-state index contributed by atoms with van der Waals surface area (Å²) in [6.07, 6.45) is 0. The van der Waals surface area contributed by atoms with Crippen molar-refractivity contribution in [2.75, 3.05) is 19.0 Å². The number of halogens is 1. The van der Waals surface area contributed by atoms with E-state index >= 15 is 0 Å². The SMILES string of the molecule is COc1cccc(NC(=O)COC(=O)c2cc3cc(Cl)ccc3nc2C)c1. The van der Waals surface area contributed by atoms with Gasteiger partial charge >= 0.3 is 5.97 Å². The quantitative estimate of drug-likeness (QED) is 0.673. The van der Waals surface area contributed by atoms with Crippen LogP contribution in [0.1, 0.15) is 16.1 Å². The van der Waals surface area contributed by atoms with E-state index < -0.39 is 18.5 Å². The van der Waals surface area contributed by atoms with Crippen LogP contribution < -0.4 is 10.1 Å². The van der Waals surface area contributed by atoms with E-state index in [1.807, 2.05) is 0 Å². The summed E-state index contributed by atoms with van der Waals surface area (Å²) in [6, 6.07) is 13.8. The number of anilines is 1. The Kier molecular flexibility index (Phi) is 5.57. The second-order valence-corrected chi connectivity index (χ2v) is 6.25. The van der Waals surface area contributed by atoms with Crippen LogP contribution >= 0.6 is 11.6 Å². The Morgan fingerprint density at radius 3 is 2.74 bits per heavy atom. The van der Waals surface area contributed by atoms with Crippen LogP contribution in [-0.4, -0.2) is 30.6 Å². The van der Waals surface area contributed by atoms with Gasteiger partial charge < -0.3 is 14.8 Å². The molecule has 0 aliphatic heterocycles. The number of esters is 1. The minimum absolute atomic E-state index is 0.291. The Morgan fingerprint density at radius 2 is 1.96 bits per heavy atom. The average molecular weight is 385 g/mol. The minimum atomic E-state index is -0.623. The number of rotatable bonds is 5. The Bertz CT molecular complexity index is 1020. The van der Waals surface area contributed by atoms with Gasteiger partial charge in [-0.25, -0.2) is 4.79 Å². The third-order valence-corrected chi connectivity index (χ3v) is 4.11. The Morgan fingerprint density at radius 1 is 1.15 bits per heavy atom. The molecule has 3 rings (SSSR count). The number of fused-ring (bicyclic) bond motifs is 1. The number of aromatic nitrogens is 1. The van der Waals surface area contributed by atoms with Crippen molar-refractivity contribution < 1.29 is 19.1 Å². The predicted octanol–water partition coefficient (Wildman–Crippen LogP) is 4.00. The fourth-order valence-corrected chi connectivity index (χ4v) is 2.74. The van der Waals surface area contributed by atoms with Crippen molar-refractivity contribution in [3.63, 3.8) is 0 Å². The Hall–Kier alpha value is -3.12. The van der Waals surface area contributed by atoms with Gasteiger partial charge in [-0.1, -0.05) is 17.7 Å². The summed E-state index contributed by atoms with van der Waals surface area (Å²) < 4.78 is 10.2. The molecule has 0 atom stereocenters. The van der Waals surface area contributed by atoms with Crippen molar-refractivity contribution in [1.29, 1.82) is 0 Å². The molecule has 2 aromatic carbocycles. The molecule has 138 valence electrons. The van der Waals surface area contributed by atoms with E-state index in [0.29, 0.717) is 27.7 Å². The first-order valence-electron chi connectivity index (χ1n) is 8.14. The third-order valence-electron chi connectivity index (χ3n) is 3.88. The molecule has 0 unspecified atom stereocenters. The van der Waals surface area contributed by atoms with Gasteiger partial charge in [-0.3, -0.25) is 9.78 Å². The van der Waals surface area contributed by atoms with Gasteiger partial charge in [-0.15, -0.1) is 0 Å². The number of methoxy groups -OCH3 is 1. The molecule has 0 aliphatic rings. The van der Waals surface area contributed by atoms with Gasteiger partial charge in [0.15, 0.2) is 6.61 Å². The summed E-state index contributed by atoms with van der Waals surface area (Å²) in [5.74, 6) is -0.463. The highest BCUT2D eigenvalue weighted by Crippen LogP contribution is 2.21. The number of carbonyl (C=O) groups excluding carboxylic acids is 2. The van der Waals surface area contributed by atoms with Gasteiger partial charge in [0, 0.05) is 22.2 Å². The lowest BCUT2D eigenvalue weighted by Gasteiger charge is -2.09. The smallest absolute Gasteiger partial charge is 0.340 e. The molecule has 1 N–H and O–H groups in total. The molecule has 0 bridgehead atoms. The molecule has 0 saturated carbocycles. The van der Waals surface area contributed by atoms with E-state index in [4.69, 9.17) is 21.1 Å². The molecule has 0 fully saturated rings. The number of hydrogen-bond donors (Lipinski definition) is 1. The van der Waals surface area contributed by atoms with E-state index in [1.165, 1.54) is 7.11 Å². The van der Waals surface area contributed by atoms with Crippen molar-refractivity contribution >= 4 is 40.1 Å². The van der Waals surface area contributed by atoms with E-state index in [1.54, 1.807) is 55.5 Å². The summed E-state index contributed by atoms with van der Waals surface area (Å²) in [4.78, 5) is 28.8. The second-order valence-electron chi connectivity index (χ2n) is 5.81. The fourth-order valence-electron chi connectivity index (χ4n) is 2.56. The Balaban J connectivity index is 1.67. The summed E-state index contributed by atoms with van der Waals surface area (Å²) in [7, 11) is 1.54. The predicted molar refractivity (Wildman–Crippen MR) is 103 cm³/mol. The number of aryl methyl sites for hydroxylation is 1. The molecule has 1 amide bonds. The second kappa shape index (κ2) is 8.05. The number of benzene rings is 2. The fraction of sp³-hybridized carbons (Fsp3) is 0.150. The molecule has 1 aromatic heterocycles. The number of amides is 1. The number of hydrogen-bond acceptors (Lipinski definition) is 5. The molecule has 0 radical (unpaired) electrons. The zero-order chi connectivity index (χ0) is 19.4. The topological polar surface area (TPSA) is 77.5 Å². The van der Waals surface area contributed by atoms with E-state index in [2.05, 4.69) is 10.3 Å². The van der Waals surface area contributed by atoms with Crippen molar-refractivity contribution in [2.45, 2.75) is 6.92 Å². The van der Waals surface area contributed by atoms with Crippen LogP contribution in [0.3, 0.4) is 0 Å². The minimum Gasteiger partial charge on any atom is -0.497 e. The van der Waals surface area contributed by atoms with Crippen LogP contribution in [0, 0.1) is 6.92 Å². The van der Waals surface area contributed by atoms with Crippen molar-refractivity contribution in [3.8, 4) is 5.75 Å². The first-order chi connectivity index (χ1) is 13.0. The number of nitrogens with one attached hydrogen (secondary N) is 1. The summed E-state index contributed by atoms with van der Waals surface area (Å²) >= 11 is 5.99. The van der Waals surface area contributed by atoms with Gasteiger partial charge in [0.05, 0.1) is 23.9 Å². The maximum Gasteiger partial charge on any atom is 0.340 e. The van der Waals surface area contributed by atoms with Crippen LogP contribution in [0.2, 0.25) is 5.02 Å². The molecule has 27 heavy (non-hydrogen) atoms. The molecule has 3 aromatic rings. The lowest BCUT2D eigenvalue weighted by atomic mass is 10.1. The Labute approximate surface area is 161 Å². The average Bonchev–Trinajstić information content (AvgIpc) is 2.66. The summed E-state index contributed by atoms with van der Waals surface area (Å²) in [6.45, 7) is 1.30. The van der Waals surface area contributed by atoms with Crippen LogP contribution in [-0.2, 0) is 9.53 Å². The maximum absolute atomic E-state index is 12.4. The van der Waals surface area contributed by atoms with Crippen LogP contribution in [0.5, 0.6) is 5.75 Å². The molecule has 7 heteroatoms. The first kappa shape index (κ1) is 18.7. The largest absolute Gasteiger partial charge is 0.497 e. The lowest BCUT2D eigenvalue weighted by molar-refractivity contribution is -0.119.